The van der Waals surface area contributed by atoms with Gasteiger partial charge in [0.1, 0.15) is 5.75 Å². The molecule has 0 spiro atoms. The van der Waals surface area contributed by atoms with Crippen LogP contribution in [0.15, 0.2) is 53.0 Å². The van der Waals surface area contributed by atoms with Crippen molar-refractivity contribution in [2.45, 2.75) is 0 Å². The SMILES string of the molecule is COc1ccccc1/C(Br)=C/c1ccccc1Br. The minimum Gasteiger partial charge on any atom is -0.496 e. The van der Waals surface area contributed by atoms with Crippen LogP contribution in [0, 0.1) is 0 Å². The molecular weight excluding hydrogens is 356 g/mol. The van der Waals surface area contributed by atoms with Crippen LogP contribution < -0.4 is 4.74 Å². The van der Waals surface area contributed by atoms with Gasteiger partial charge in [-0.25, -0.2) is 0 Å². The lowest BCUT2D eigenvalue weighted by Gasteiger charge is -2.07. The lowest BCUT2D eigenvalue weighted by atomic mass is 10.1. The highest BCUT2D eigenvalue weighted by atomic mass is 79.9. The summed E-state index contributed by atoms with van der Waals surface area (Å²) >= 11 is 7.15. The molecule has 0 atom stereocenters. The van der Waals surface area contributed by atoms with Crippen LogP contribution in [0.4, 0.5) is 0 Å². The summed E-state index contributed by atoms with van der Waals surface area (Å²) in [5, 5.41) is 0. The number of halogens is 2. The molecule has 2 aromatic rings. The second-order valence-corrected chi connectivity index (χ2v) is 5.42. The van der Waals surface area contributed by atoms with Crippen LogP contribution >= 0.6 is 31.9 Å². The van der Waals surface area contributed by atoms with Crippen molar-refractivity contribution < 1.29 is 4.74 Å². The average molecular weight is 368 g/mol. The molecule has 0 N–H and O–H groups in total. The predicted molar refractivity (Wildman–Crippen MR) is 83.9 cm³/mol. The van der Waals surface area contributed by atoms with E-state index >= 15 is 0 Å². The zero-order chi connectivity index (χ0) is 13.0. The molecule has 0 aromatic heterocycles. The first-order chi connectivity index (χ1) is 8.72. The van der Waals surface area contributed by atoms with Crippen molar-refractivity contribution in [2.24, 2.45) is 0 Å². The molecule has 2 aromatic carbocycles. The van der Waals surface area contributed by atoms with E-state index in [-0.39, 0.29) is 0 Å². The molecule has 0 aliphatic rings. The van der Waals surface area contributed by atoms with E-state index in [1.54, 1.807) is 7.11 Å². The van der Waals surface area contributed by atoms with Crippen LogP contribution in [0.3, 0.4) is 0 Å². The zero-order valence-corrected chi connectivity index (χ0v) is 13.0. The average Bonchev–Trinajstić information content (AvgIpc) is 2.41. The maximum absolute atomic E-state index is 5.35. The van der Waals surface area contributed by atoms with E-state index in [2.05, 4.69) is 44.0 Å². The van der Waals surface area contributed by atoms with Crippen molar-refractivity contribution in [3.8, 4) is 5.75 Å². The molecule has 0 saturated carbocycles. The van der Waals surface area contributed by atoms with E-state index in [0.29, 0.717) is 0 Å². The number of hydrogen-bond donors (Lipinski definition) is 0. The molecule has 3 heteroatoms. The molecule has 0 aliphatic heterocycles. The number of benzene rings is 2. The smallest absolute Gasteiger partial charge is 0.127 e. The summed E-state index contributed by atoms with van der Waals surface area (Å²) in [5.74, 6) is 0.854. The Balaban J connectivity index is 2.42. The van der Waals surface area contributed by atoms with Gasteiger partial charge in [0.25, 0.3) is 0 Å². The highest BCUT2D eigenvalue weighted by Gasteiger charge is 2.05. The maximum Gasteiger partial charge on any atom is 0.127 e. The van der Waals surface area contributed by atoms with Gasteiger partial charge in [-0.3, -0.25) is 0 Å². The normalized spacial score (nSPS) is 11.4. The van der Waals surface area contributed by atoms with Crippen molar-refractivity contribution in [3.05, 3.63) is 64.1 Å². The molecule has 2 rings (SSSR count). The van der Waals surface area contributed by atoms with Gasteiger partial charge < -0.3 is 4.74 Å². The minimum atomic E-state index is 0.854. The van der Waals surface area contributed by atoms with Crippen LogP contribution in [0.5, 0.6) is 5.75 Å². The number of rotatable bonds is 3. The van der Waals surface area contributed by atoms with Gasteiger partial charge in [-0.05, 0) is 23.8 Å². The van der Waals surface area contributed by atoms with Crippen molar-refractivity contribution in [2.75, 3.05) is 7.11 Å². The largest absolute Gasteiger partial charge is 0.496 e. The fraction of sp³-hybridized carbons (Fsp3) is 0.0667. The fourth-order valence-corrected chi connectivity index (χ4v) is 2.62. The highest BCUT2D eigenvalue weighted by molar-refractivity contribution is 9.15. The van der Waals surface area contributed by atoms with Crippen LogP contribution in [0.2, 0.25) is 0 Å². The molecule has 0 radical (unpaired) electrons. The van der Waals surface area contributed by atoms with E-state index in [0.717, 1.165) is 25.8 Å². The molecular formula is C15H12Br2O. The standard InChI is InChI=1S/C15H12Br2O/c1-18-15-9-5-3-7-12(15)14(17)10-11-6-2-4-8-13(11)16/h2-10H,1H3/b14-10-. The van der Waals surface area contributed by atoms with E-state index in [1.807, 2.05) is 42.5 Å². The van der Waals surface area contributed by atoms with Crippen LogP contribution in [0.25, 0.3) is 10.6 Å². The molecule has 0 bridgehead atoms. The maximum atomic E-state index is 5.35. The van der Waals surface area contributed by atoms with Crippen molar-refractivity contribution in [1.29, 1.82) is 0 Å². The molecule has 0 unspecified atom stereocenters. The van der Waals surface area contributed by atoms with E-state index in [9.17, 15) is 0 Å². The molecule has 18 heavy (non-hydrogen) atoms. The van der Waals surface area contributed by atoms with Gasteiger partial charge in [0, 0.05) is 14.5 Å². The van der Waals surface area contributed by atoms with Crippen LogP contribution in [-0.2, 0) is 0 Å². The number of ether oxygens (including phenoxy) is 1. The minimum absolute atomic E-state index is 0.854. The zero-order valence-electron chi connectivity index (χ0n) is 9.86. The second-order valence-electron chi connectivity index (χ2n) is 3.71. The third-order valence-electron chi connectivity index (χ3n) is 2.55. The fourth-order valence-electron chi connectivity index (χ4n) is 1.65. The second kappa shape index (κ2) is 6.21. The lowest BCUT2D eigenvalue weighted by Crippen LogP contribution is -1.88. The first-order valence-electron chi connectivity index (χ1n) is 5.47. The van der Waals surface area contributed by atoms with Crippen molar-refractivity contribution in [1.82, 2.24) is 0 Å². The summed E-state index contributed by atoms with van der Waals surface area (Å²) in [6.45, 7) is 0. The third-order valence-corrected chi connectivity index (χ3v) is 3.93. The number of methoxy groups -OCH3 is 1. The van der Waals surface area contributed by atoms with Crippen LogP contribution in [0.1, 0.15) is 11.1 Å². The molecule has 0 fully saturated rings. The van der Waals surface area contributed by atoms with Gasteiger partial charge in [0.15, 0.2) is 0 Å². The predicted octanol–water partition coefficient (Wildman–Crippen LogP) is 5.35. The molecule has 92 valence electrons. The van der Waals surface area contributed by atoms with E-state index in [4.69, 9.17) is 4.74 Å². The third kappa shape index (κ3) is 3.03. The number of hydrogen-bond acceptors (Lipinski definition) is 1. The first kappa shape index (κ1) is 13.4. The molecule has 1 nitrogen and oxygen atoms in total. The van der Waals surface area contributed by atoms with Crippen molar-refractivity contribution in [3.63, 3.8) is 0 Å². The van der Waals surface area contributed by atoms with Crippen molar-refractivity contribution >= 4 is 42.4 Å². The highest BCUT2D eigenvalue weighted by Crippen LogP contribution is 2.32. The Morgan fingerprint density at radius 1 is 1.06 bits per heavy atom. The summed E-state index contributed by atoms with van der Waals surface area (Å²) in [4.78, 5) is 0. The van der Waals surface area contributed by atoms with Gasteiger partial charge in [0.05, 0.1) is 7.11 Å². The van der Waals surface area contributed by atoms with Gasteiger partial charge in [-0.2, -0.15) is 0 Å². The lowest BCUT2D eigenvalue weighted by molar-refractivity contribution is 0.414. The van der Waals surface area contributed by atoms with Gasteiger partial charge in [-0.15, -0.1) is 0 Å². The topological polar surface area (TPSA) is 9.23 Å². The quantitative estimate of drug-likeness (QED) is 0.664. The Morgan fingerprint density at radius 3 is 2.44 bits per heavy atom. The Hall–Kier alpha value is -1.06. The monoisotopic (exact) mass is 366 g/mol. The Kier molecular flexibility index (Phi) is 4.61. The Bertz CT molecular complexity index is 576. The molecule has 0 heterocycles. The molecule has 0 saturated heterocycles. The molecule has 0 amide bonds. The van der Waals surface area contributed by atoms with Gasteiger partial charge in [0.2, 0.25) is 0 Å². The van der Waals surface area contributed by atoms with Gasteiger partial charge >= 0.3 is 0 Å². The Morgan fingerprint density at radius 2 is 1.72 bits per heavy atom. The summed E-state index contributed by atoms with van der Waals surface area (Å²) in [6.07, 6.45) is 2.07. The Labute approximate surface area is 124 Å². The van der Waals surface area contributed by atoms with E-state index < -0.39 is 0 Å². The molecule has 0 aliphatic carbocycles. The summed E-state index contributed by atoms with van der Waals surface area (Å²) < 4.78 is 7.41. The van der Waals surface area contributed by atoms with E-state index in [1.165, 1.54) is 0 Å². The number of para-hydroxylation sites is 1. The van der Waals surface area contributed by atoms with Crippen LogP contribution in [-0.4, -0.2) is 7.11 Å². The van der Waals surface area contributed by atoms with Gasteiger partial charge in [-0.1, -0.05) is 68.3 Å². The summed E-state index contributed by atoms with van der Waals surface area (Å²) in [6, 6.07) is 16.0. The first-order valence-corrected chi connectivity index (χ1v) is 7.06. The summed E-state index contributed by atoms with van der Waals surface area (Å²) in [5.41, 5.74) is 2.16. The summed E-state index contributed by atoms with van der Waals surface area (Å²) in [7, 11) is 1.68.